The maximum absolute atomic E-state index is 5.63. The van der Waals surface area contributed by atoms with Gasteiger partial charge in [-0.05, 0) is 22.0 Å². The fourth-order valence-corrected chi connectivity index (χ4v) is 1.18. The minimum atomic E-state index is 0.719. The normalized spacial score (nSPS) is 9.55. The van der Waals surface area contributed by atoms with Crippen LogP contribution >= 0.6 is 15.9 Å². The fraction of sp³-hybridized carbons (Fsp3) is 0.125. The summed E-state index contributed by atoms with van der Waals surface area (Å²) in [5.74, 6) is 0. The van der Waals surface area contributed by atoms with Crippen molar-refractivity contribution in [3.8, 4) is 0 Å². The molecule has 0 aliphatic carbocycles. The zero-order valence-corrected chi connectivity index (χ0v) is 7.63. The molecule has 1 heterocycles. The maximum atomic E-state index is 5.63. The summed E-state index contributed by atoms with van der Waals surface area (Å²) < 4.78 is 0.875. The van der Waals surface area contributed by atoms with Crippen LogP contribution in [0.2, 0.25) is 0 Å². The van der Waals surface area contributed by atoms with Gasteiger partial charge in [0.2, 0.25) is 0 Å². The van der Waals surface area contributed by atoms with Crippen LogP contribution in [-0.2, 0) is 6.42 Å². The first-order valence-corrected chi connectivity index (χ1v) is 4.04. The van der Waals surface area contributed by atoms with Crippen LogP contribution in [0.3, 0.4) is 0 Å². The van der Waals surface area contributed by atoms with E-state index >= 15 is 0 Å². The molecule has 0 fully saturated rings. The lowest BCUT2D eigenvalue weighted by Crippen LogP contribution is -1.94. The van der Waals surface area contributed by atoms with Crippen LogP contribution in [0.4, 0.5) is 5.69 Å². The highest BCUT2D eigenvalue weighted by molar-refractivity contribution is 9.10. The molecule has 3 heteroatoms. The molecule has 0 bridgehead atoms. The van der Waals surface area contributed by atoms with Crippen LogP contribution < -0.4 is 5.73 Å². The molecule has 2 N–H and O–H groups in total. The fourth-order valence-electron chi connectivity index (χ4n) is 0.783. The summed E-state index contributed by atoms with van der Waals surface area (Å²) in [4.78, 5) is 4.13. The molecule has 0 saturated heterocycles. The van der Waals surface area contributed by atoms with Crippen LogP contribution in [0, 0.1) is 0 Å². The van der Waals surface area contributed by atoms with Gasteiger partial charge in [0.05, 0.1) is 10.2 Å². The lowest BCUT2D eigenvalue weighted by molar-refractivity contribution is 1.10. The van der Waals surface area contributed by atoms with Crippen molar-refractivity contribution in [2.24, 2.45) is 0 Å². The Morgan fingerprint density at radius 2 is 2.45 bits per heavy atom. The Morgan fingerprint density at radius 3 is 3.09 bits per heavy atom. The largest absolute Gasteiger partial charge is 0.398 e. The van der Waals surface area contributed by atoms with Crippen molar-refractivity contribution in [1.82, 2.24) is 4.98 Å². The van der Waals surface area contributed by atoms with Gasteiger partial charge in [-0.1, -0.05) is 6.08 Å². The Labute approximate surface area is 74.3 Å². The van der Waals surface area contributed by atoms with Crippen LogP contribution in [0.1, 0.15) is 5.69 Å². The first-order valence-electron chi connectivity index (χ1n) is 3.25. The second-order valence-electron chi connectivity index (χ2n) is 2.15. The average Bonchev–Trinajstić information content (AvgIpc) is 1.99. The summed E-state index contributed by atoms with van der Waals surface area (Å²) in [5.41, 5.74) is 7.28. The second kappa shape index (κ2) is 3.53. The molecule has 0 aliphatic heterocycles. The molecule has 0 atom stereocenters. The van der Waals surface area contributed by atoms with E-state index in [2.05, 4.69) is 27.5 Å². The maximum Gasteiger partial charge on any atom is 0.0623 e. The van der Waals surface area contributed by atoms with Crippen molar-refractivity contribution in [2.45, 2.75) is 6.42 Å². The van der Waals surface area contributed by atoms with Crippen molar-refractivity contribution in [3.05, 3.63) is 35.1 Å². The molecule has 1 rings (SSSR count). The van der Waals surface area contributed by atoms with Crippen LogP contribution in [0.15, 0.2) is 29.4 Å². The van der Waals surface area contributed by atoms with Crippen molar-refractivity contribution >= 4 is 21.6 Å². The smallest absolute Gasteiger partial charge is 0.0623 e. The number of nitrogen functional groups attached to an aromatic ring is 1. The third-order valence-corrected chi connectivity index (χ3v) is 2.24. The lowest BCUT2D eigenvalue weighted by Gasteiger charge is -2.01. The predicted octanol–water partition coefficient (Wildman–Crippen LogP) is 2.15. The molecule has 11 heavy (non-hydrogen) atoms. The first kappa shape index (κ1) is 8.27. The Hall–Kier alpha value is -0.830. The van der Waals surface area contributed by atoms with Gasteiger partial charge in [0.25, 0.3) is 0 Å². The number of nitrogens with zero attached hydrogens (tertiary/aromatic N) is 1. The third-order valence-electron chi connectivity index (χ3n) is 1.33. The lowest BCUT2D eigenvalue weighted by atomic mass is 10.2. The van der Waals surface area contributed by atoms with Crippen LogP contribution in [0.25, 0.3) is 0 Å². The van der Waals surface area contributed by atoms with Gasteiger partial charge in [-0.25, -0.2) is 0 Å². The minimum absolute atomic E-state index is 0.719. The molecule has 0 radical (unpaired) electrons. The molecule has 58 valence electrons. The number of halogens is 1. The van der Waals surface area contributed by atoms with Gasteiger partial charge in [0, 0.05) is 18.3 Å². The second-order valence-corrected chi connectivity index (χ2v) is 2.95. The molecule has 0 unspecified atom stereocenters. The Balaban J connectivity index is 3.05. The zero-order valence-electron chi connectivity index (χ0n) is 6.05. The minimum Gasteiger partial charge on any atom is -0.398 e. The molecular formula is C8H9BrN2. The summed E-state index contributed by atoms with van der Waals surface area (Å²) in [7, 11) is 0. The van der Waals surface area contributed by atoms with Gasteiger partial charge in [-0.3, -0.25) is 4.98 Å². The van der Waals surface area contributed by atoms with E-state index in [1.165, 1.54) is 0 Å². The zero-order chi connectivity index (χ0) is 8.27. The van der Waals surface area contributed by atoms with E-state index < -0.39 is 0 Å². The van der Waals surface area contributed by atoms with E-state index in [4.69, 9.17) is 5.73 Å². The number of aromatic nitrogens is 1. The quantitative estimate of drug-likeness (QED) is 0.764. The van der Waals surface area contributed by atoms with Gasteiger partial charge in [0.1, 0.15) is 0 Å². The number of hydrogen-bond donors (Lipinski definition) is 1. The predicted molar refractivity (Wildman–Crippen MR) is 50.3 cm³/mol. The Morgan fingerprint density at radius 1 is 1.73 bits per heavy atom. The van der Waals surface area contributed by atoms with E-state index in [1.807, 2.05) is 0 Å². The van der Waals surface area contributed by atoms with E-state index in [1.54, 1.807) is 18.3 Å². The van der Waals surface area contributed by atoms with Crippen molar-refractivity contribution in [1.29, 1.82) is 0 Å². The molecule has 1 aromatic heterocycles. The van der Waals surface area contributed by atoms with Crippen LogP contribution in [0.5, 0.6) is 0 Å². The average molecular weight is 213 g/mol. The topological polar surface area (TPSA) is 38.9 Å². The number of anilines is 1. The molecular weight excluding hydrogens is 204 g/mol. The van der Waals surface area contributed by atoms with Gasteiger partial charge >= 0.3 is 0 Å². The van der Waals surface area contributed by atoms with E-state index in [0.717, 1.165) is 22.3 Å². The highest BCUT2D eigenvalue weighted by atomic mass is 79.9. The summed E-state index contributed by atoms with van der Waals surface area (Å²) in [6.07, 6.45) is 4.23. The van der Waals surface area contributed by atoms with E-state index in [9.17, 15) is 0 Å². The Kier molecular flexibility index (Phi) is 2.65. The molecule has 2 nitrogen and oxygen atoms in total. The highest BCUT2D eigenvalue weighted by Crippen LogP contribution is 2.21. The van der Waals surface area contributed by atoms with Gasteiger partial charge in [0.15, 0.2) is 0 Å². The monoisotopic (exact) mass is 212 g/mol. The van der Waals surface area contributed by atoms with Crippen molar-refractivity contribution in [2.75, 3.05) is 5.73 Å². The molecule has 0 aliphatic rings. The number of allylic oxidation sites excluding steroid dienone is 1. The molecule has 0 saturated carbocycles. The summed E-state index contributed by atoms with van der Waals surface area (Å²) >= 11 is 3.35. The molecule has 0 amide bonds. The number of rotatable bonds is 2. The SMILES string of the molecule is C=CCc1nccc(N)c1Br. The summed E-state index contributed by atoms with van der Waals surface area (Å²) in [5, 5.41) is 0. The summed E-state index contributed by atoms with van der Waals surface area (Å²) in [6.45, 7) is 3.63. The molecule has 1 aromatic rings. The van der Waals surface area contributed by atoms with Crippen molar-refractivity contribution in [3.63, 3.8) is 0 Å². The standard InChI is InChI=1S/C8H9BrN2/c1-2-3-7-8(9)6(10)4-5-11-7/h2,4-5H,1,3H2,(H2,10,11). The summed E-state index contributed by atoms with van der Waals surface area (Å²) in [6, 6.07) is 1.76. The number of nitrogens with two attached hydrogens (primary N) is 1. The Bertz CT molecular complexity index is 271. The third kappa shape index (κ3) is 1.80. The van der Waals surface area contributed by atoms with Crippen molar-refractivity contribution < 1.29 is 0 Å². The van der Waals surface area contributed by atoms with E-state index in [0.29, 0.717) is 0 Å². The van der Waals surface area contributed by atoms with Gasteiger partial charge in [-0.2, -0.15) is 0 Å². The molecule has 0 aromatic carbocycles. The van der Waals surface area contributed by atoms with Gasteiger partial charge < -0.3 is 5.73 Å². The number of pyridine rings is 1. The van der Waals surface area contributed by atoms with E-state index in [-0.39, 0.29) is 0 Å². The number of hydrogen-bond acceptors (Lipinski definition) is 2. The van der Waals surface area contributed by atoms with Gasteiger partial charge in [-0.15, -0.1) is 6.58 Å². The van der Waals surface area contributed by atoms with Crippen LogP contribution in [-0.4, -0.2) is 4.98 Å². The molecule has 0 spiro atoms. The first-order chi connectivity index (χ1) is 5.25. The highest BCUT2D eigenvalue weighted by Gasteiger charge is 2.01.